The average molecular weight is 243 g/mol. The summed E-state index contributed by atoms with van der Waals surface area (Å²) in [7, 11) is 5.79. The number of halogens is 1. The Balaban J connectivity index is 2.46. The Morgan fingerprint density at radius 3 is 2.75 bits per heavy atom. The summed E-state index contributed by atoms with van der Waals surface area (Å²) in [6, 6.07) is 5.61. The lowest BCUT2D eigenvalue weighted by molar-refractivity contribution is 0.405. The minimum atomic E-state index is 0.727. The van der Waals surface area contributed by atoms with Crippen molar-refractivity contribution in [2.45, 2.75) is 6.42 Å². The largest absolute Gasteiger partial charge is 0.497 e. The van der Waals surface area contributed by atoms with Gasteiger partial charge in [-0.1, -0.05) is 11.6 Å². The molecule has 0 saturated heterocycles. The minimum Gasteiger partial charge on any atom is -0.497 e. The number of ether oxygens (including phenoxy) is 1. The van der Waals surface area contributed by atoms with Crippen LogP contribution in [0.5, 0.6) is 5.75 Å². The van der Waals surface area contributed by atoms with Gasteiger partial charge in [-0.15, -0.1) is 0 Å². The zero-order valence-electron chi connectivity index (χ0n) is 10.1. The normalized spacial score (nSPS) is 10.6. The number of nitrogens with one attached hydrogen (secondary N) is 1. The number of rotatable bonds is 6. The predicted octanol–water partition coefficient (Wildman–Crippen LogP) is 2.71. The van der Waals surface area contributed by atoms with E-state index >= 15 is 0 Å². The van der Waals surface area contributed by atoms with Gasteiger partial charge in [-0.05, 0) is 39.2 Å². The summed E-state index contributed by atoms with van der Waals surface area (Å²) in [5, 5.41) is 4.03. The van der Waals surface area contributed by atoms with Gasteiger partial charge in [-0.2, -0.15) is 0 Å². The van der Waals surface area contributed by atoms with Crippen molar-refractivity contribution >= 4 is 17.3 Å². The molecule has 1 aromatic carbocycles. The number of benzene rings is 1. The maximum atomic E-state index is 6.07. The second-order valence-electron chi connectivity index (χ2n) is 3.93. The molecule has 0 aliphatic heterocycles. The third kappa shape index (κ3) is 4.29. The molecule has 0 aromatic heterocycles. The van der Waals surface area contributed by atoms with Gasteiger partial charge in [0.1, 0.15) is 5.75 Å². The molecule has 0 unspecified atom stereocenters. The molecular weight excluding hydrogens is 224 g/mol. The van der Waals surface area contributed by atoms with Gasteiger partial charge in [-0.25, -0.2) is 0 Å². The SMILES string of the molecule is COc1ccc(Cl)c(NCCCN(C)C)c1. The summed E-state index contributed by atoms with van der Waals surface area (Å²) in [6.07, 6.45) is 1.08. The molecule has 1 rings (SSSR count). The first-order valence-corrected chi connectivity index (χ1v) is 5.73. The van der Waals surface area contributed by atoms with Gasteiger partial charge in [0, 0.05) is 12.6 Å². The second-order valence-corrected chi connectivity index (χ2v) is 4.34. The Kier molecular flexibility index (Phi) is 5.43. The summed E-state index contributed by atoms with van der Waals surface area (Å²) in [6.45, 7) is 1.97. The van der Waals surface area contributed by atoms with Crippen molar-refractivity contribution in [3.63, 3.8) is 0 Å². The van der Waals surface area contributed by atoms with Gasteiger partial charge in [0.05, 0.1) is 17.8 Å². The molecule has 1 aromatic rings. The van der Waals surface area contributed by atoms with E-state index in [9.17, 15) is 0 Å². The van der Waals surface area contributed by atoms with Crippen molar-refractivity contribution in [3.8, 4) is 5.75 Å². The molecular formula is C12H19ClN2O. The van der Waals surface area contributed by atoms with E-state index in [0.29, 0.717) is 0 Å². The monoisotopic (exact) mass is 242 g/mol. The Morgan fingerprint density at radius 1 is 1.38 bits per heavy atom. The van der Waals surface area contributed by atoms with E-state index in [1.54, 1.807) is 7.11 Å². The van der Waals surface area contributed by atoms with Crippen LogP contribution in [0.15, 0.2) is 18.2 Å². The quantitative estimate of drug-likeness (QED) is 0.777. The van der Waals surface area contributed by atoms with Gasteiger partial charge < -0.3 is 15.0 Å². The first-order chi connectivity index (χ1) is 7.63. The molecule has 1 N–H and O–H groups in total. The molecule has 0 atom stereocenters. The highest BCUT2D eigenvalue weighted by molar-refractivity contribution is 6.33. The number of hydrogen-bond acceptors (Lipinski definition) is 3. The number of nitrogens with zero attached hydrogens (tertiary/aromatic N) is 1. The van der Waals surface area contributed by atoms with Crippen LogP contribution in [0.3, 0.4) is 0 Å². The van der Waals surface area contributed by atoms with Crippen molar-refractivity contribution in [3.05, 3.63) is 23.2 Å². The van der Waals surface area contributed by atoms with Crippen LogP contribution in [0.4, 0.5) is 5.69 Å². The number of hydrogen-bond donors (Lipinski definition) is 1. The van der Waals surface area contributed by atoms with Gasteiger partial charge in [-0.3, -0.25) is 0 Å². The molecule has 0 spiro atoms. The first-order valence-electron chi connectivity index (χ1n) is 5.35. The molecule has 16 heavy (non-hydrogen) atoms. The summed E-state index contributed by atoms with van der Waals surface area (Å²) in [5.74, 6) is 0.819. The summed E-state index contributed by atoms with van der Waals surface area (Å²) in [5.41, 5.74) is 0.930. The van der Waals surface area contributed by atoms with Crippen LogP contribution in [0.25, 0.3) is 0 Å². The van der Waals surface area contributed by atoms with Crippen LogP contribution in [0.1, 0.15) is 6.42 Å². The molecule has 0 radical (unpaired) electrons. The summed E-state index contributed by atoms with van der Waals surface area (Å²) < 4.78 is 5.15. The zero-order chi connectivity index (χ0) is 12.0. The Morgan fingerprint density at radius 2 is 2.12 bits per heavy atom. The predicted molar refractivity (Wildman–Crippen MR) is 69.7 cm³/mol. The minimum absolute atomic E-state index is 0.727. The van der Waals surface area contributed by atoms with Crippen molar-refractivity contribution in [2.24, 2.45) is 0 Å². The molecule has 4 heteroatoms. The Labute approximate surface area is 102 Å². The summed E-state index contributed by atoms with van der Waals surface area (Å²) in [4.78, 5) is 2.16. The molecule has 3 nitrogen and oxygen atoms in total. The highest BCUT2D eigenvalue weighted by Gasteiger charge is 2.01. The smallest absolute Gasteiger partial charge is 0.121 e. The number of anilines is 1. The molecule has 0 saturated carbocycles. The van der Waals surface area contributed by atoms with Gasteiger partial charge in [0.15, 0.2) is 0 Å². The van der Waals surface area contributed by atoms with Crippen LogP contribution >= 0.6 is 11.6 Å². The van der Waals surface area contributed by atoms with E-state index in [2.05, 4.69) is 24.3 Å². The molecule has 0 bridgehead atoms. The molecule has 0 fully saturated rings. The van der Waals surface area contributed by atoms with Gasteiger partial charge >= 0.3 is 0 Å². The topological polar surface area (TPSA) is 24.5 Å². The second kappa shape index (κ2) is 6.61. The number of methoxy groups -OCH3 is 1. The third-order valence-electron chi connectivity index (χ3n) is 2.27. The average Bonchev–Trinajstić information content (AvgIpc) is 2.26. The molecule has 0 aliphatic rings. The highest BCUT2D eigenvalue weighted by atomic mass is 35.5. The third-order valence-corrected chi connectivity index (χ3v) is 2.60. The molecule has 0 heterocycles. The lowest BCUT2D eigenvalue weighted by atomic mass is 10.3. The Bertz CT molecular complexity index is 329. The van der Waals surface area contributed by atoms with Crippen LogP contribution in [-0.2, 0) is 0 Å². The lowest BCUT2D eigenvalue weighted by Gasteiger charge is -2.12. The van der Waals surface area contributed by atoms with E-state index in [1.807, 2.05) is 18.2 Å². The Hall–Kier alpha value is -0.930. The standard InChI is InChI=1S/C12H19ClN2O/c1-15(2)8-4-7-14-12-9-10(16-3)5-6-11(12)13/h5-6,9,14H,4,7-8H2,1-3H3. The van der Waals surface area contributed by atoms with Crippen molar-refractivity contribution < 1.29 is 4.74 Å². The van der Waals surface area contributed by atoms with Crippen LogP contribution in [0, 0.1) is 0 Å². The van der Waals surface area contributed by atoms with E-state index in [1.165, 1.54) is 0 Å². The zero-order valence-corrected chi connectivity index (χ0v) is 10.8. The maximum Gasteiger partial charge on any atom is 0.121 e. The van der Waals surface area contributed by atoms with Crippen molar-refractivity contribution in [1.29, 1.82) is 0 Å². The van der Waals surface area contributed by atoms with E-state index in [-0.39, 0.29) is 0 Å². The van der Waals surface area contributed by atoms with Crippen LogP contribution < -0.4 is 10.1 Å². The van der Waals surface area contributed by atoms with Gasteiger partial charge in [0.2, 0.25) is 0 Å². The van der Waals surface area contributed by atoms with E-state index in [4.69, 9.17) is 16.3 Å². The van der Waals surface area contributed by atoms with Crippen LogP contribution in [-0.4, -0.2) is 39.2 Å². The first kappa shape index (κ1) is 13.1. The van der Waals surface area contributed by atoms with Gasteiger partial charge in [0.25, 0.3) is 0 Å². The molecule has 0 amide bonds. The molecule has 0 aliphatic carbocycles. The maximum absolute atomic E-state index is 6.07. The van der Waals surface area contributed by atoms with Crippen LogP contribution in [0.2, 0.25) is 5.02 Å². The fourth-order valence-electron chi connectivity index (χ4n) is 1.39. The highest BCUT2D eigenvalue weighted by Crippen LogP contribution is 2.26. The fraction of sp³-hybridized carbons (Fsp3) is 0.500. The summed E-state index contributed by atoms with van der Waals surface area (Å²) >= 11 is 6.07. The lowest BCUT2D eigenvalue weighted by Crippen LogP contribution is -2.16. The van der Waals surface area contributed by atoms with E-state index < -0.39 is 0 Å². The molecule has 90 valence electrons. The van der Waals surface area contributed by atoms with E-state index in [0.717, 1.165) is 36.0 Å². The van der Waals surface area contributed by atoms with Crippen molar-refractivity contribution in [1.82, 2.24) is 4.90 Å². The fourth-order valence-corrected chi connectivity index (χ4v) is 1.57. The van der Waals surface area contributed by atoms with Crippen molar-refractivity contribution in [2.75, 3.05) is 39.6 Å².